The maximum Gasteiger partial charge on any atom is 0.322 e. The van der Waals surface area contributed by atoms with E-state index < -0.39 is 10.0 Å². The maximum atomic E-state index is 12.8. The van der Waals surface area contributed by atoms with Gasteiger partial charge in [0.15, 0.2) is 0 Å². The van der Waals surface area contributed by atoms with Crippen molar-refractivity contribution in [3.8, 4) is 5.75 Å². The lowest BCUT2D eigenvalue weighted by Gasteiger charge is -2.35. The van der Waals surface area contributed by atoms with E-state index in [1.807, 2.05) is 30.3 Å². The van der Waals surface area contributed by atoms with Crippen LogP contribution >= 0.6 is 0 Å². The number of amidine groups is 1. The van der Waals surface area contributed by atoms with Crippen molar-refractivity contribution in [3.63, 3.8) is 0 Å². The summed E-state index contributed by atoms with van der Waals surface area (Å²) in [5.41, 5.74) is 7.74. The predicted molar refractivity (Wildman–Crippen MR) is 115 cm³/mol. The van der Waals surface area contributed by atoms with Crippen LogP contribution in [0.25, 0.3) is 0 Å². The van der Waals surface area contributed by atoms with Crippen molar-refractivity contribution in [2.75, 3.05) is 18.5 Å². The van der Waals surface area contributed by atoms with Crippen LogP contribution in [0.15, 0.2) is 52.9 Å². The standard InChI is InChI=1S/C21H24N4O4S/c22-20-19-15(14-30(27,28)24-20)7-6-11-18(19)29-13-17-10-4-5-12-25(17)21(26)23-16-8-2-1-3-9-16/h1-3,6-9,11,17H,4-5,10,12-14H2,(H2,22,24)(H,23,26)/t17-/m1/s1. The molecule has 1 atom stereocenters. The molecule has 0 bridgehead atoms. The molecule has 2 aromatic carbocycles. The van der Waals surface area contributed by atoms with Crippen molar-refractivity contribution < 1.29 is 17.9 Å². The smallest absolute Gasteiger partial charge is 0.322 e. The Morgan fingerprint density at radius 1 is 1.17 bits per heavy atom. The van der Waals surface area contributed by atoms with Crippen molar-refractivity contribution in [1.82, 2.24) is 4.90 Å². The fraction of sp³-hybridized carbons (Fsp3) is 0.333. The Hall–Kier alpha value is -3.07. The second-order valence-electron chi connectivity index (χ2n) is 7.44. The van der Waals surface area contributed by atoms with Crippen LogP contribution in [0.4, 0.5) is 10.5 Å². The molecule has 4 rings (SSSR count). The van der Waals surface area contributed by atoms with Crippen LogP contribution in [0.3, 0.4) is 0 Å². The van der Waals surface area contributed by atoms with Crippen LogP contribution in [0.5, 0.6) is 5.75 Å². The first kappa shape index (κ1) is 20.2. The Balaban J connectivity index is 1.48. The molecule has 1 saturated heterocycles. The van der Waals surface area contributed by atoms with Crippen molar-refractivity contribution in [1.29, 1.82) is 0 Å². The summed E-state index contributed by atoms with van der Waals surface area (Å²) < 4.78 is 33.3. The monoisotopic (exact) mass is 428 g/mol. The quantitative estimate of drug-likeness (QED) is 0.777. The van der Waals surface area contributed by atoms with E-state index in [4.69, 9.17) is 10.5 Å². The lowest BCUT2D eigenvalue weighted by molar-refractivity contribution is 0.124. The first-order chi connectivity index (χ1) is 14.4. The lowest BCUT2D eigenvalue weighted by atomic mass is 10.0. The minimum Gasteiger partial charge on any atom is -0.491 e. The van der Waals surface area contributed by atoms with Gasteiger partial charge in [0.05, 0.1) is 17.4 Å². The number of urea groups is 1. The number of likely N-dealkylation sites (tertiary alicyclic amines) is 1. The number of carbonyl (C=O) groups is 1. The number of rotatable bonds is 4. The van der Waals surface area contributed by atoms with Gasteiger partial charge in [-0.15, -0.1) is 4.40 Å². The lowest BCUT2D eigenvalue weighted by Crippen LogP contribution is -2.48. The number of nitrogens with one attached hydrogen (secondary N) is 1. The molecule has 2 amide bonds. The summed E-state index contributed by atoms with van der Waals surface area (Å²) in [7, 11) is -3.60. The van der Waals surface area contributed by atoms with Gasteiger partial charge in [-0.2, -0.15) is 0 Å². The third-order valence-electron chi connectivity index (χ3n) is 5.29. The maximum absolute atomic E-state index is 12.8. The van der Waals surface area contributed by atoms with E-state index in [0.29, 0.717) is 30.0 Å². The van der Waals surface area contributed by atoms with Crippen LogP contribution in [-0.2, 0) is 15.8 Å². The first-order valence-electron chi connectivity index (χ1n) is 9.89. The van der Waals surface area contributed by atoms with Crippen LogP contribution in [0.2, 0.25) is 0 Å². The van der Waals surface area contributed by atoms with Crippen molar-refractivity contribution in [3.05, 3.63) is 59.7 Å². The molecule has 2 aliphatic rings. The summed E-state index contributed by atoms with van der Waals surface area (Å²) in [6, 6.07) is 14.3. The van der Waals surface area contributed by atoms with Crippen molar-refractivity contribution >= 4 is 27.6 Å². The van der Waals surface area contributed by atoms with E-state index >= 15 is 0 Å². The number of sulfonamides is 1. The number of ether oxygens (including phenoxy) is 1. The van der Waals surface area contributed by atoms with E-state index in [1.54, 1.807) is 23.1 Å². The van der Waals surface area contributed by atoms with Gasteiger partial charge in [-0.1, -0.05) is 30.3 Å². The number of amides is 2. The second-order valence-corrected chi connectivity index (χ2v) is 9.08. The molecule has 8 nitrogen and oxygen atoms in total. The van der Waals surface area contributed by atoms with Crippen LogP contribution in [-0.4, -0.2) is 44.4 Å². The topological polar surface area (TPSA) is 114 Å². The normalized spacial score (nSPS) is 20.1. The van der Waals surface area contributed by atoms with Gasteiger partial charge in [0.1, 0.15) is 18.2 Å². The molecule has 158 valence electrons. The molecule has 0 aromatic heterocycles. The predicted octanol–water partition coefficient (Wildman–Crippen LogP) is 2.70. The van der Waals surface area contributed by atoms with Crippen molar-refractivity contribution in [2.45, 2.75) is 31.1 Å². The number of carbonyl (C=O) groups excluding carboxylic acids is 1. The summed E-state index contributed by atoms with van der Waals surface area (Å²) in [5.74, 6) is 0.224. The average Bonchev–Trinajstić information content (AvgIpc) is 2.72. The minimum absolute atomic E-state index is 0.0610. The highest BCUT2D eigenvalue weighted by Crippen LogP contribution is 2.29. The third-order valence-corrected chi connectivity index (χ3v) is 6.44. The zero-order valence-corrected chi connectivity index (χ0v) is 17.3. The SMILES string of the molecule is NC1=NS(=O)(=O)Cc2cccc(OC[C@H]3CCCCN3C(=O)Nc3ccccc3)c21. The van der Waals surface area contributed by atoms with Gasteiger partial charge < -0.3 is 20.7 Å². The molecular formula is C21H24N4O4S. The molecule has 3 N–H and O–H groups in total. The Morgan fingerprint density at radius 3 is 2.77 bits per heavy atom. The zero-order chi connectivity index (χ0) is 21.1. The molecular weight excluding hydrogens is 404 g/mol. The number of anilines is 1. The minimum atomic E-state index is -3.60. The Labute approximate surface area is 175 Å². The van der Waals surface area contributed by atoms with Crippen LogP contribution in [0.1, 0.15) is 30.4 Å². The number of nitrogens with two attached hydrogens (primary N) is 1. The molecule has 0 spiro atoms. The van der Waals surface area contributed by atoms with Gasteiger partial charge in [0.2, 0.25) is 0 Å². The van der Waals surface area contributed by atoms with Crippen molar-refractivity contribution in [2.24, 2.45) is 10.1 Å². The average molecular weight is 429 g/mol. The highest BCUT2D eigenvalue weighted by molar-refractivity contribution is 7.89. The molecule has 2 aromatic rings. The number of nitrogens with zero attached hydrogens (tertiary/aromatic N) is 2. The highest BCUT2D eigenvalue weighted by atomic mass is 32.2. The fourth-order valence-electron chi connectivity index (χ4n) is 3.88. The van der Waals surface area contributed by atoms with Crippen LogP contribution < -0.4 is 15.8 Å². The number of fused-ring (bicyclic) bond motifs is 1. The van der Waals surface area contributed by atoms with Gasteiger partial charge >= 0.3 is 6.03 Å². The first-order valence-corrected chi connectivity index (χ1v) is 11.5. The van der Waals surface area contributed by atoms with Gasteiger partial charge in [-0.25, -0.2) is 13.2 Å². The number of benzene rings is 2. The number of hydrogen-bond acceptors (Lipinski definition) is 5. The molecule has 1 fully saturated rings. The number of piperidine rings is 1. The molecule has 9 heteroatoms. The number of hydrogen-bond donors (Lipinski definition) is 2. The van der Waals surface area contributed by atoms with Crippen LogP contribution in [0, 0.1) is 0 Å². The molecule has 0 radical (unpaired) electrons. The second kappa shape index (κ2) is 8.35. The summed E-state index contributed by atoms with van der Waals surface area (Å²) >= 11 is 0. The molecule has 0 saturated carbocycles. The van der Waals surface area contributed by atoms with E-state index in [0.717, 1.165) is 24.9 Å². The van der Waals surface area contributed by atoms with Gasteiger partial charge in [0.25, 0.3) is 10.0 Å². The van der Waals surface area contributed by atoms with Gasteiger partial charge in [0, 0.05) is 12.2 Å². The third kappa shape index (κ3) is 4.40. The summed E-state index contributed by atoms with van der Waals surface area (Å²) in [4.78, 5) is 14.6. The Kier molecular flexibility index (Phi) is 5.63. The van der Waals surface area contributed by atoms with E-state index in [-0.39, 0.29) is 23.7 Å². The largest absolute Gasteiger partial charge is 0.491 e. The molecule has 0 unspecified atom stereocenters. The Morgan fingerprint density at radius 2 is 1.97 bits per heavy atom. The number of para-hydroxylation sites is 1. The summed E-state index contributed by atoms with van der Waals surface area (Å²) in [5, 5.41) is 2.93. The molecule has 2 aliphatic heterocycles. The molecule has 30 heavy (non-hydrogen) atoms. The molecule has 2 heterocycles. The molecule has 0 aliphatic carbocycles. The van der Waals surface area contributed by atoms with E-state index in [2.05, 4.69) is 9.71 Å². The Bertz CT molecular complexity index is 1070. The highest BCUT2D eigenvalue weighted by Gasteiger charge is 2.29. The van der Waals surface area contributed by atoms with E-state index in [9.17, 15) is 13.2 Å². The summed E-state index contributed by atoms with van der Waals surface area (Å²) in [6.07, 6.45) is 2.78. The van der Waals surface area contributed by atoms with E-state index in [1.165, 1.54) is 0 Å². The van der Waals surface area contributed by atoms with Gasteiger partial charge in [-0.05, 0) is 43.0 Å². The summed E-state index contributed by atoms with van der Waals surface area (Å²) in [6.45, 7) is 0.945. The van der Waals surface area contributed by atoms with Gasteiger partial charge in [-0.3, -0.25) is 0 Å². The fourth-order valence-corrected chi connectivity index (χ4v) is 4.97. The zero-order valence-electron chi connectivity index (χ0n) is 16.5.